The van der Waals surface area contributed by atoms with Crippen LogP contribution in [0, 0.1) is 0 Å². The van der Waals surface area contributed by atoms with Gasteiger partial charge in [-0.1, -0.05) is 0 Å². The lowest BCUT2D eigenvalue weighted by atomic mass is 10.2. The fraction of sp³-hybridized carbons (Fsp3) is 0.273. The fourth-order valence-corrected chi connectivity index (χ4v) is 1.57. The maximum Gasteiger partial charge on any atom is 0.317 e. The standard InChI is InChI=1S/C11H12N2O4/c1-3-17-9-7(16-2)5-4-6-8(9)12-11(15)13-10(6)14/h4-5H,3H2,1-2H3,(H2,12,13,14,15). The van der Waals surface area contributed by atoms with Crippen LogP contribution in [-0.4, -0.2) is 33.9 Å². The lowest BCUT2D eigenvalue weighted by Gasteiger charge is -2.11. The van der Waals surface area contributed by atoms with E-state index in [4.69, 9.17) is 9.47 Å². The van der Waals surface area contributed by atoms with Crippen molar-refractivity contribution in [2.45, 2.75) is 6.92 Å². The number of rotatable bonds is 3. The largest absolute Gasteiger partial charge is 0.493 e. The molecule has 2 rings (SSSR count). The summed E-state index contributed by atoms with van der Waals surface area (Å²) >= 11 is 0. The highest BCUT2D eigenvalue weighted by molar-refractivity contribution is 5.90. The van der Waals surface area contributed by atoms with Crippen molar-refractivity contribution in [1.82, 2.24) is 9.97 Å². The number of methoxy groups -OCH3 is 1. The van der Waals surface area contributed by atoms with E-state index in [1.54, 1.807) is 12.1 Å². The zero-order valence-corrected chi connectivity index (χ0v) is 9.47. The molecule has 0 aliphatic rings. The van der Waals surface area contributed by atoms with Crippen LogP contribution in [0.25, 0.3) is 10.9 Å². The smallest absolute Gasteiger partial charge is 0.317 e. The molecule has 0 radical (unpaired) electrons. The van der Waals surface area contributed by atoms with Gasteiger partial charge in [0.2, 0.25) is 5.88 Å². The first-order chi connectivity index (χ1) is 8.17. The second-order valence-corrected chi connectivity index (χ2v) is 3.27. The molecule has 6 heteroatoms. The Hall–Kier alpha value is -2.24. The lowest BCUT2D eigenvalue weighted by molar-refractivity contribution is 0.313. The topological polar surface area (TPSA) is 84.7 Å². The van der Waals surface area contributed by atoms with Gasteiger partial charge in [-0.2, -0.15) is 9.97 Å². The van der Waals surface area contributed by atoms with Crippen molar-refractivity contribution in [3.05, 3.63) is 12.1 Å². The zero-order valence-electron chi connectivity index (χ0n) is 9.47. The lowest BCUT2D eigenvalue weighted by Crippen LogP contribution is -1.98. The summed E-state index contributed by atoms with van der Waals surface area (Å²) in [6.07, 6.45) is 0. The molecule has 1 aromatic heterocycles. The number of ether oxygens (including phenoxy) is 2. The predicted octanol–water partition coefficient (Wildman–Crippen LogP) is 1.45. The van der Waals surface area contributed by atoms with Gasteiger partial charge in [0.05, 0.1) is 19.1 Å². The summed E-state index contributed by atoms with van der Waals surface area (Å²) in [4.78, 5) is 7.31. The quantitative estimate of drug-likeness (QED) is 0.839. The van der Waals surface area contributed by atoms with Crippen LogP contribution in [0.2, 0.25) is 0 Å². The molecule has 0 spiro atoms. The third-order valence-electron chi connectivity index (χ3n) is 2.26. The van der Waals surface area contributed by atoms with Gasteiger partial charge in [0, 0.05) is 0 Å². The molecule has 0 amide bonds. The molecule has 0 saturated heterocycles. The molecule has 0 saturated carbocycles. The number of hydrogen-bond donors (Lipinski definition) is 2. The summed E-state index contributed by atoms with van der Waals surface area (Å²) in [5.41, 5.74) is 0.316. The van der Waals surface area contributed by atoms with Gasteiger partial charge >= 0.3 is 6.01 Å². The van der Waals surface area contributed by atoms with Crippen LogP contribution >= 0.6 is 0 Å². The van der Waals surface area contributed by atoms with Crippen LogP contribution in [0.3, 0.4) is 0 Å². The first kappa shape index (κ1) is 11.3. The maximum atomic E-state index is 9.60. The molecule has 1 heterocycles. The molecule has 2 N–H and O–H groups in total. The van der Waals surface area contributed by atoms with Gasteiger partial charge in [0.1, 0.15) is 5.52 Å². The minimum absolute atomic E-state index is 0.295. The normalized spacial score (nSPS) is 10.5. The molecule has 0 atom stereocenters. The molecular weight excluding hydrogens is 224 g/mol. The second-order valence-electron chi connectivity index (χ2n) is 3.27. The Morgan fingerprint density at radius 2 is 2.00 bits per heavy atom. The number of hydrogen-bond acceptors (Lipinski definition) is 6. The average Bonchev–Trinajstić information content (AvgIpc) is 2.30. The summed E-state index contributed by atoms with van der Waals surface area (Å²) in [5, 5.41) is 19.3. The monoisotopic (exact) mass is 236 g/mol. The molecule has 0 bridgehead atoms. The first-order valence-corrected chi connectivity index (χ1v) is 5.06. The highest BCUT2D eigenvalue weighted by atomic mass is 16.5. The van der Waals surface area contributed by atoms with E-state index in [2.05, 4.69) is 9.97 Å². The summed E-state index contributed by atoms with van der Waals surface area (Å²) in [6.45, 7) is 2.24. The second kappa shape index (κ2) is 4.32. The van der Waals surface area contributed by atoms with Crippen molar-refractivity contribution < 1.29 is 19.7 Å². The van der Waals surface area contributed by atoms with Gasteiger partial charge in [0.25, 0.3) is 0 Å². The van der Waals surface area contributed by atoms with Crippen LogP contribution in [0.1, 0.15) is 6.92 Å². The number of benzene rings is 1. The Balaban J connectivity index is 2.78. The number of aromatic hydroxyl groups is 2. The average molecular weight is 236 g/mol. The van der Waals surface area contributed by atoms with Gasteiger partial charge < -0.3 is 19.7 Å². The van der Waals surface area contributed by atoms with Gasteiger partial charge in [-0.3, -0.25) is 0 Å². The first-order valence-electron chi connectivity index (χ1n) is 5.06. The van der Waals surface area contributed by atoms with Crippen molar-refractivity contribution in [2.24, 2.45) is 0 Å². The Kier molecular flexibility index (Phi) is 2.86. The van der Waals surface area contributed by atoms with Crippen LogP contribution in [0.4, 0.5) is 0 Å². The summed E-state index contributed by atoms with van der Waals surface area (Å²) in [5.74, 6) is 0.563. The Morgan fingerprint density at radius 1 is 1.24 bits per heavy atom. The predicted molar refractivity (Wildman–Crippen MR) is 60.6 cm³/mol. The van der Waals surface area contributed by atoms with Crippen LogP contribution < -0.4 is 9.47 Å². The van der Waals surface area contributed by atoms with Crippen molar-refractivity contribution in [3.63, 3.8) is 0 Å². The van der Waals surface area contributed by atoms with Crippen LogP contribution in [-0.2, 0) is 0 Å². The van der Waals surface area contributed by atoms with Crippen LogP contribution in [0.5, 0.6) is 23.4 Å². The zero-order chi connectivity index (χ0) is 12.4. The summed E-state index contributed by atoms with van der Waals surface area (Å²) in [7, 11) is 1.50. The molecule has 17 heavy (non-hydrogen) atoms. The molecule has 1 aromatic carbocycles. The van der Waals surface area contributed by atoms with Gasteiger partial charge in [0.15, 0.2) is 11.5 Å². The molecule has 0 fully saturated rings. The third kappa shape index (κ3) is 1.89. The third-order valence-corrected chi connectivity index (χ3v) is 2.26. The molecule has 0 aliphatic carbocycles. The van der Waals surface area contributed by atoms with E-state index < -0.39 is 6.01 Å². The summed E-state index contributed by atoms with van der Waals surface area (Å²) < 4.78 is 10.6. The highest BCUT2D eigenvalue weighted by Gasteiger charge is 2.15. The summed E-state index contributed by atoms with van der Waals surface area (Å²) in [6, 6.07) is 2.74. The van der Waals surface area contributed by atoms with E-state index in [1.165, 1.54) is 7.11 Å². The molecule has 0 aliphatic heterocycles. The Labute approximate surface area is 97.5 Å². The molecular formula is C11H12N2O4. The number of aromatic nitrogens is 2. The maximum absolute atomic E-state index is 9.60. The Morgan fingerprint density at radius 3 is 2.65 bits per heavy atom. The molecule has 0 unspecified atom stereocenters. The SMILES string of the molecule is CCOc1c(OC)ccc2c(O)nc(O)nc12. The molecule has 6 nitrogen and oxygen atoms in total. The van der Waals surface area contributed by atoms with Gasteiger partial charge in [-0.15, -0.1) is 0 Å². The van der Waals surface area contributed by atoms with E-state index in [0.29, 0.717) is 29.0 Å². The molecule has 90 valence electrons. The van der Waals surface area contributed by atoms with E-state index in [9.17, 15) is 10.2 Å². The Bertz CT molecular complexity index is 557. The van der Waals surface area contributed by atoms with Gasteiger partial charge in [-0.25, -0.2) is 0 Å². The molecule has 2 aromatic rings. The highest BCUT2D eigenvalue weighted by Crippen LogP contribution is 2.37. The minimum Gasteiger partial charge on any atom is -0.493 e. The number of nitrogens with zero attached hydrogens (tertiary/aromatic N) is 2. The minimum atomic E-state index is -0.510. The van der Waals surface area contributed by atoms with Crippen molar-refractivity contribution in [2.75, 3.05) is 13.7 Å². The van der Waals surface area contributed by atoms with E-state index >= 15 is 0 Å². The van der Waals surface area contributed by atoms with Gasteiger partial charge in [-0.05, 0) is 19.1 Å². The van der Waals surface area contributed by atoms with Crippen LogP contribution in [0.15, 0.2) is 12.1 Å². The van der Waals surface area contributed by atoms with E-state index in [0.717, 1.165) is 0 Å². The fourth-order valence-electron chi connectivity index (χ4n) is 1.57. The van der Waals surface area contributed by atoms with E-state index in [-0.39, 0.29) is 5.88 Å². The van der Waals surface area contributed by atoms with Crippen molar-refractivity contribution in [1.29, 1.82) is 0 Å². The van der Waals surface area contributed by atoms with E-state index in [1.807, 2.05) is 6.92 Å². The van der Waals surface area contributed by atoms with Crippen molar-refractivity contribution in [3.8, 4) is 23.4 Å². The number of fused-ring (bicyclic) bond motifs is 1. The van der Waals surface area contributed by atoms with Crippen molar-refractivity contribution >= 4 is 10.9 Å².